The molecule has 1 rings (SSSR count). The summed E-state index contributed by atoms with van der Waals surface area (Å²) in [6, 6.07) is 2.09. The first-order chi connectivity index (χ1) is 6.15. The van der Waals surface area contributed by atoms with Crippen LogP contribution in [0.5, 0.6) is 0 Å². The van der Waals surface area contributed by atoms with Crippen molar-refractivity contribution in [3.05, 3.63) is 23.4 Å². The number of aryl methyl sites for hydroxylation is 1. The molecule has 1 atom stereocenters. The number of aromatic nitrogens is 1. The first kappa shape index (κ1) is 9.99. The second-order valence-corrected chi connectivity index (χ2v) is 3.47. The Hall–Kier alpha value is -1.09. The van der Waals surface area contributed by atoms with E-state index in [0.717, 1.165) is 17.5 Å². The molecule has 1 heterocycles. The lowest BCUT2D eigenvalue weighted by Crippen LogP contribution is -2.07. The molecule has 3 nitrogen and oxygen atoms in total. The minimum absolute atomic E-state index is 0.400. The van der Waals surface area contributed by atoms with Crippen LogP contribution in [0.4, 0.5) is 5.82 Å². The SMILES string of the molecule is Cc1cnc(N)c(C(C)CCN)c1. The summed E-state index contributed by atoms with van der Waals surface area (Å²) in [6.07, 6.45) is 2.74. The van der Waals surface area contributed by atoms with Gasteiger partial charge < -0.3 is 11.5 Å². The van der Waals surface area contributed by atoms with Crippen LogP contribution >= 0.6 is 0 Å². The second kappa shape index (κ2) is 4.23. The van der Waals surface area contributed by atoms with Gasteiger partial charge in [0.05, 0.1) is 0 Å². The van der Waals surface area contributed by atoms with Crippen molar-refractivity contribution in [2.45, 2.75) is 26.2 Å². The standard InChI is InChI=1S/C10H17N3/c1-7-5-9(8(2)3-4-11)10(12)13-6-7/h5-6,8H,3-4,11H2,1-2H3,(H2,12,13). The third kappa shape index (κ3) is 2.42. The van der Waals surface area contributed by atoms with Crippen molar-refractivity contribution in [1.82, 2.24) is 4.98 Å². The molecule has 3 heteroatoms. The smallest absolute Gasteiger partial charge is 0.126 e. The summed E-state index contributed by atoms with van der Waals surface area (Å²) < 4.78 is 0. The Morgan fingerprint density at radius 1 is 1.54 bits per heavy atom. The monoisotopic (exact) mass is 179 g/mol. The van der Waals surface area contributed by atoms with Crippen LogP contribution in [-0.2, 0) is 0 Å². The number of nitrogens with two attached hydrogens (primary N) is 2. The van der Waals surface area contributed by atoms with Gasteiger partial charge in [0.2, 0.25) is 0 Å². The Kier molecular flexibility index (Phi) is 3.25. The highest BCUT2D eigenvalue weighted by Gasteiger charge is 2.08. The highest BCUT2D eigenvalue weighted by molar-refractivity contribution is 5.42. The van der Waals surface area contributed by atoms with Crippen LogP contribution < -0.4 is 11.5 Å². The molecule has 1 aromatic rings. The highest BCUT2D eigenvalue weighted by atomic mass is 14.8. The Balaban J connectivity index is 2.91. The summed E-state index contributed by atoms with van der Waals surface area (Å²) in [6.45, 7) is 4.83. The number of hydrogen-bond acceptors (Lipinski definition) is 3. The van der Waals surface area contributed by atoms with E-state index in [2.05, 4.69) is 18.0 Å². The zero-order chi connectivity index (χ0) is 9.84. The van der Waals surface area contributed by atoms with Crippen LogP contribution in [0.15, 0.2) is 12.3 Å². The maximum Gasteiger partial charge on any atom is 0.126 e. The number of pyridine rings is 1. The zero-order valence-electron chi connectivity index (χ0n) is 8.25. The lowest BCUT2D eigenvalue weighted by molar-refractivity contribution is 0.689. The molecule has 0 aromatic carbocycles. The molecular weight excluding hydrogens is 162 g/mol. The molecule has 0 fully saturated rings. The van der Waals surface area contributed by atoms with E-state index in [4.69, 9.17) is 11.5 Å². The molecule has 0 aliphatic heterocycles. The fourth-order valence-electron chi connectivity index (χ4n) is 1.40. The summed E-state index contributed by atoms with van der Waals surface area (Å²) in [5, 5.41) is 0. The van der Waals surface area contributed by atoms with Crippen molar-refractivity contribution in [1.29, 1.82) is 0 Å². The average Bonchev–Trinajstić information content (AvgIpc) is 2.09. The molecule has 0 aliphatic carbocycles. The number of nitrogens with zero attached hydrogens (tertiary/aromatic N) is 1. The fraction of sp³-hybridized carbons (Fsp3) is 0.500. The fourth-order valence-corrected chi connectivity index (χ4v) is 1.40. The van der Waals surface area contributed by atoms with Crippen LogP contribution in [0.3, 0.4) is 0 Å². The highest BCUT2D eigenvalue weighted by Crippen LogP contribution is 2.23. The van der Waals surface area contributed by atoms with Gasteiger partial charge >= 0.3 is 0 Å². The molecule has 4 N–H and O–H groups in total. The van der Waals surface area contributed by atoms with E-state index in [1.54, 1.807) is 6.20 Å². The van der Waals surface area contributed by atoms with E-state index in [1.165, 1.54) is 0 Å². The van der Waals surface area contributed by atoms with Crippen molar-refractivity contribution >= 4 is 5.82 Å². The second-order valence-electron chi connectivity index (χ2n) is 3.47. The number of rotatable bonds is 3. The summed E-state index contributed by atoms with van der Waals surface area (Å²) >= 11 is 0. The van der Waals surface area contributed by atoms with Gasteiger partial charge in [-0.1, -0.05) is 13.0 Å². The number of nitrogen functional groups attached to an aromatic ring is 1. The van der Waals surface area contributed by atoms with Crippen LogP contribution in [0.2, 0.25) is 0 Å². The summed E-state index contributed by atoms with van der Waals surface area (Å²) in [5.74, 6) is 1.03. The normalized spacial score (nSPS) is 12.8. The lowest BCUT2D eigenvalue weighted by atomic mass is 9.97. The summed E-state index contributed by atoms with van der Waals surface area (Å²) in [5.41, 5.74) is 13.5. The van der Waals surface area contributed by atoms with Crippen molar-refractivity contribution in [3.8, 4) is 0 Å². The molecule has 1 aromatic heterocycles. The van der Waals surface area contributed by atoms with Crippen LogP contribution in [0.1, 0.15) is 30.4 Å². The minimum Gasteiger partial charge on any atom is -0.383 e. The molecule has 1 unspecified atom stereocenters. The predicted molar refractivity (Wildman–Crippen MR) is 55.5 cm³/mol. The van der Waals surface area contributed by atoms with E-state index < -0.39 is 0 Å². The van der Waals surface area contributed by atoms with Gasteiger partial charge in [0.15, 0.2) is 0 Å². The Bertz CT molecular complexity index is 283. The lowest BCUT2D eigenvalue weighted by Gasteiger charge is -2.12. The predicted octanol–water partition coefficient (Wildman–Crippen LogP) is 1.42. The van der Waals surface area contributed by atoms with Gasteiger partial charge in [0.25, 0.3) is 0 Å². The topological polar surface area (TPSA) is 64.9 Å². The third-order valence-electron chi connectivity index (χ3n) is 2.22. The molecule has 0 spiro atoms. The van der Waals surface area contributed by atoms with E-state index >= 15 is 0 Å². The molecule has 72 valence electrons. The maximum atomic E-state index is 5.77. The van der Waals surface area contributed by atoms with Gasteiger partial charge in [-0.05, 0) is 36.9 Å². The van der Waals surface area contributed by atoms with E-state index in [1.807, 2.05) is 6.92 Å². The van der Waals surface area contributed by atoms with Crippen LogP contribution in [0, 0.1) is 6.92 Å². The number of hydrogen-bond donors (Lipinski definition) is 2. The molecule has 0 amide bonds. The van der Waals surface area contributed by atoms with Gasteiger partial charge in [-0.2, -0.15) is 0 Å². The van der Waals surface area contributed by atoms with E-state index in [9.17, 15) is 0 Å². The van der Waals surface area contributed by atoms with Crippen molar-refractivity contribution in [2.24, 2.45) is 5.73 Å². The van der Waals surface area contributed by atoms with Gasteiger partial charge in [0.1, 0.15) is 5.82 Å². The van der Waals surface area contributed by atoms with Crippen molar-refractivity contribution < 1.29 is 0 Å². The van der Waals surface area contributed by atoms with Crippen molar-refractivity contribution in [3.63, 3.8) is 0 Å². The quantitative estimate of drug-likeness (QED) is 0.737. The Morgan fingerprint density at radius 2 is 2.23 bits per heavy atom. The zero-order valence-corrected chi connectivity index (χ0v) is 8.25. The maximum absolute atomic E-state index is 5.77. The molecular formula is C10H17N3. The third-order valence-corrected chi connectivity index (χ3v) is 2.22. The summed E-state index contributed by atoms with van der Waals surface area (Å²) in [4.78, 5) is 4.12. The molecule has 0 aliphatic rings. The van der Waals surface area contributed by atoms with E-state index in [-0.39, 0.29) is 0 Å². The largest absolute Gasteiger partial charge is 0.383 e. The average molecular weight is 179 g/mol. The molecule has 0 saturated heterocycles. The van der Waals surface area contributed by atoms with Crippen LogP contribution in [-0.4, -0.2) is 11.5 Å². The van der Waals surface area contributed by atoms with Gasteiger partial charge in [0, 0.05) is 6.20 Å². The van der Waals surface area contributed by atoms with E-state index in [0.29, 0.717) is 18.3 Å². The Labute approximate surface area is 79.2 Å². The van der Waals surface area contributed by atoms with Crippen LogP contribution in [0.25, 0.3) is 0 Å². The molecule has 13 heavy (non-hydrogen) atoms. The van der Waals surface area contributed by atoms with Gasteiger partial charge in [-0.25, -0.2) is 4.98 Å². The molecule has 0 saturated carbocycles. The first-order valence-corrected chi connectivity index (χ1v) is 4.57. The molecule has 0 bridgehead atoms. The molecule has 0 radical (unpaired) electrons. The first-order valence-electron chi connectivity index (χ1n) is 4.57. The van der Waals surface area contributed by atoms with Gasteiger partial charge in [-0.15, -0.1) is 0 Å². The Morgan fingerprint density at radius 3 is 2.85 bits per heavy atom. The summed E-state index contributed by atoms with van der Waals surface area (Å²) in [7, 11) is 0. The number of anilines is 1. The van der Waals surface area contributed by atoms with Crippen molar-refractivity contribution in [2.75, 3.05) is 12.3 Å². The minimum atomic E-state index is 0.400. The van der Waals surface area contributed by atoms with Gasteiger partial charge in [-0.3, -0.25) is 0 Å².